The summed E-state index contributed by atoms with van der Waals surface area (Å²) in [7, 11) is 0. The minimum Gasteiger partial charge on any atom is -0.309 e. The summed E-state index contributed by atoms with van der Waals surface area (Å²) < 4.78 is 2.52. The molecule has 0 saturated heterocycles. The van der Waals surface area contributed by atoms with Crippen molar-refractivity contribution in [2.45, 2.75) is 6.42 Å². The van der Waals surface area contributed by atoms with Crippen molar-refractivity contribution in [1.82, 2.24) is 4.57 Å². The zero-order chi connectivity index (χ0) is 34.2. The average molecular weight is 660 g/mol. The molecular weight excluding hydrogens is 627 g/mol. The molecule has 0 bridgehead atoms. The Labute approximate surface area is 302 Å². The summed E-state index contributed by atoms with van der Waals surface area (Å²) in [4.78, 5) is 0. The molecule has 0 aliphatic heterocycles. The number of nitrogens with zero attached hydrogens (tertiary/aromatic N) is 1. The first-order valence-electron chi connectivity index (χ1n) is 18.2. The van der Waals surface area contributed by atoms with Crippen molar-refractivity contribution in [2.75, 3.05) is 0 Å². The summed E-state index contributed by atoms with van der Waals surface area (Å²) in [6.45, 7) is 0. The Hall–Kier alpha value is -6.70. The zero-order valence-electron chi connectivity index (χ0n) is 28.6. The van der Waals surface area contributed by atoms with E-state index in [0.29, 0.717) is 0 Å². The summed E-state index contributed by atoms with van der Waals surface area (Å²) >= 11 is 0. The van der Waals surface area contributed by atoms with Crippen molar-refractivity contribution in [1.29, 1.82) is 0 Å². The highest BCUT2D eigenvalue weighted by molar-refractivity contribution is 6.34. The molecule has 0 atom stereocenters. The highest BCUT2D eigenvalue weighted by atomic mass is 15.0. The van der Waals surface area contributed by atoms with Crippen molar-refractivity contribution < 1.29 is 0 Å². The third-order valence-corrected chi connectivity index (χ3v) is 11.1. The lowest BCUT2D eigenvalue weighted by Gasteiger charge is -2.19. The van der Waals surface area contributed by atoms with Crippen LogP contribution in [0.1, 0.15) is 6.42 Å². The fraction of sp³-hybridized carbons (Fsp3) is 0.0196. The van der Waals surface area contributed by atoms with Crippen molar-refractivity contribution in [2.24, 2.45) is 0 Å². The van der Waals surface area contributed by atoms with E-state index in [4.69, 9.17) is 0 Å². The predicted molar refractivity (Wildman–Crippen MR) is 224 cm³/mol. The molecule has 0 fully saturated rings. The zero-order valence-corrected chi connectivity index (χ0v) is 28.6. The van der Waals surface area contributed by atoms with Gasteiger partial charge in [0.25, 0.3) is 0 Å². The average Bonchev–Trinajstić information content (AvgIpc) is 3.41. The first-order chi connectivity index (χ1) is 25.8. The van der Waals surface area contributed by atoms with Crippen LogP contribution in [-0.2, 0) is 0 Å². The van der Waals surface area contributed by atoms with Gasteiger partial charge < -0.3 is 4.57 Å². The van der Waals surface area contributed by atoms with Crippen LogP contribution in [0.4, 0.5) is 0 Å². The summed E-state index contributed by atoms with van der Waals surface area (Å²) in [5.74, 6) is 0. The number of fused-ring (bicyclic) bond motifs is 5. The number of rotatable bonds is 4. The number of allylic oxidation sites excluding steroid dienone is 6. The molecule has 242 valence electrons. The highest BCUT2D eigenvalue weighted by Crippen LogP contribution is 2.48. The van der Waals surface area contributed by atoms with Crippen LogP contribution in [0.3, 0.4) is 0 Å². The van der Waals surface area contributed by atoms with Crippen LogP contribution in [0.15, 0.2) is 188 Å². The summed E-state index contributed by atoms with van der Waals surface area (Å²) in [6.07, 6.45) is 12.2. The van der Waals surface area contributed by atoms with Gasteiger partial charge in [0.15, 0.2) is 0 Å². The summed E-state index contributed by atoms with van der Waals surface area (Å²) in [6, 6.07) is 58.5. The Morgan fingerprint density at radius 2 is 1.00 bits per heavy atom. The van der Waals surface area contributed by atoms with Gasteiger partial charge in [-0.3, -0.25) is 0 Å². The van der Waals surface area contributed by atoms with Crippen molar-refractivity contribution in [3.8, 4) is 33.5 Å². The fourth-order valence-electron chi connectivity index (χ4n) is 8.93. The van der Waals surface area contributed by atoms with Crippen LogP contribution in [0.5, 0.6) is 0 Å². The molecule has 0 amide bonds. The first kappa shape index (κ1) is 29.1. The molecule has 9 aromatic carbocycles. The third-order valence-electron chi connectivity index (χ3n) is 11.1. The topological polar surface area (TPSA) is 4.93 Å². The molecule has 1 heteroatoms. The minimum absolute atomic E-state index is 0.919. The lowest BCUT2D eigenvalue weighted by molar-refractivity contribution is 1.19. The first-order valence-corrected chi connectivity index (χ1v) is 18.2. The van der Waals surface area contributed by atoms with Gasteiger partial charge in [0.2, 0.25) is 0 Å². The van der Waals surface area contributed by atoms with Crippen LogP contribution >= 0.6 is 0 Å². The Bertz CT molecular complexity index is 3120. The number of hydrogen-bond donors (Lipinski definition) is 0. The van der Waals surface area contributed by atoms with Crippen molar-refractivity contribution in [3.63, 3.8) is 0 Å². The van der Waals surface area contributed by atoms with E-state index in [1.165, 1.54) is 104 Å². The predicted octanol–water partition coefficient (Wildman–Crippen LogP) is 14.2. The number of aromatic nitrogens is 1. The van der Waals surface area contributed by atoms with Crippen molar-refractivity contribution in [3.05, 3.63) is 188 Å². The maximum atomic E-state index is 2.52. The van der Waals surface area contributed by atoms with Gasteiger partial charge in [-0.25, -0.2) is 0 Å². The monoisotopic (exact) mass is 659 g/mol. The highest BCUT2D eigenvalue weighted by Gasteiger charge is 2.23. The van der Waals surface area contributed by atoms with Crippen LogP contribution in [0.2, 0.25) is 0 Å². The molecule has 0 unspecified atom stereocenters. The van der Waals surface area contributed by atoms with E-state index in [9.17, 15) is 0 Å². The van der Waals surface area contributed by atoms with E-state index < -0.39 is 0 Å². The van der Waals surface area contributed by atoms with Crippen LogP contribution in [0.25, 0.3) is 104 Å². The molecule has 0 radical (unpaired) electrons. The smallest absolute Gasteiger partial charge is 0.0620 e. The lowest BCUT2D eigenvalue weighted by Crippen LogP contribution is -1.99. The molecule has 1 aromatic heterocycles. The van der Waals surface area contributed by atoms with Gasteiger partial charge in [0, 0.05) is 16.5 Å². The Kier molecular flexibility index (Phi) is 6.38. The standard InChI is InChI=1S/C51H33N/c1-2-10-22-38(21-9-1)52-46(32-45-41-25-13-19-35-27-28-36-20-14-26-43(51(45)52)50(36)49(35)41)37-29-30-42-44(31-37)48(34-17-7-4-8-18-34)40-24-12-11-23-39(40)47(42)33-15-5-3-6-16-33/h1,3-32H,2H2. The Morgan fingerprint density at radius 1 is 0.404 bits per heavy atom. The van der Waals surface area contributed by atoms with Crippen LogP contribution in [0, 0.1) is 0 Å². The second kappa shape index (κ2) is 11.4. The summed E-state index contributed by atoms with van der Waals surface area (Å²) in [5, 5.41) is 14.2. The molecule has 52 heavy (non-hydrogen) atoms. The van der Waals surface area contributed by atoms with E-state index in [1.54, 1.807) is 0 Å². The van der Waals surface area contributed by atoms with Gasteiger partial charge >= 0.3 is 0 Å². The van der Waals surface area contributed by atoms with Gasteiger partial charge in [-0.15, -0.1) is 0 Å². The number of benzene rings is 9. The molecule has 1 heterocycles. The van der Waals surface area contributed by atoms with E-state index >= 15 is 0 Å². The van der Waals surface area contributed by atoms with E-state index in [-0.39, 0.29) is 0 Å². The molecule has 1 aliphatic carbocycles. The van der Waals surface area contributed by atoms with Gasteiger partial charge in [-0.05, 0) is 107 Å². The second-order valence-electron chi connectivity index (χ2n) is 13.9. The molecule has 1 nitrogen and oxygen atoms in total. The van der Waals surface area contributed by atoms with E-state index in [1.807, 2.05) is 0 Å². The fourth-order valence-corrected chi connectivity index (χ4v) is 8.93. The second-order valence-corrected chi connectivity index (χ2v) is 13.9. The van der Waals surface area contributed by atoms with Gasteiger partial charge in [-0.1, -0.05) is 164 Å². The normalized spacial score (nSPS) is 13.3. The molecule has 0 spiro atoms. The molecule has 1 aliphatic rings. The Morgan fingerprint density at radius 3 is 1.71 bits per heavy atom. The number of hydrogen-bond acceptors (Lipinski definition) is 0. The molecule has 10 aromatic rings. The van der Waals surface area contributed by atoms with Gasteiger partial charge in [0.05, 0.1) is 11.2 Å². The maximum Gasteiger partial charge on any atom is 0.0620 e. The molecule has 0 N–H and O–H groups in total. The minimum atomic E-state index is 0.919. The van der Waals surface area contributed by atoms with Gasteiger partial charge in [0.1, 0.15) is 0 Å². The SMILES string of the molecule is C1=CCC=CC(n2c(-c3ccc4c(-c5ccccc5)c5ccccc5c(-c5ccccc5)c4c3)cc3c4cccc5ccc6cccc(c6c54)c32)=C1. The van der Waals surface area contributed by atoms with Crippen LogP contribution < -0.4 is 0 Å². The van der Waals surface area contributed by atoms with Gasteiger partial charge in [-0.2, -0.15) is 0 Å². The van der Waals surface area contributed by atoms with Crippen molar-refractivity contribution >= 4 is 70.5 Å². The Balaban J connectivity index is 1.31. The summed E-state index contributed by atoms with van der Waals surface area (Å²) in [5.41, 5.74) is 9.81. The lowest BCUT2D eigenvalue weighted by atomic mass is 9.85. The molecule has 11 rings (SSSR count). The quantitative estimate of drug-likeness (QED) is 0.131. The van der Waals surface area contributed by atoms with E-state index in [2.05, 4.69) is 193 Å². The maximum absolute atomic E-state index is 2.52. The third kappa shape index (κ3) is 4.23. The largest absolute Gasteiger partial charge is 0.309 e. The molecule has 0 saturated carbocycles. The van der Waals surface area contributed by atoms with E-state index in [0.717, 1.165) is 6.42 Å². The van der Waals surface area contributed by atoms with Crippen LogP contribution in [-0.4, -0.2) is 4.57 Å². The molecular formula is C51H33N.